The van der Waals surface area contributed by atoms with Crippen LogP contribution < -0.4 is 0 Å². The largest absolute Gasteiger partial charge is 0.341 e. The first-order valence-electron chi connectivity index (χ1n) is 10.9. The second kappa shape index (κ2) is 10.4. The molecule has 0 bridgehead atoms. The van der Waals surface area contributed by atoms with Crippen LogP contribution in [0.15, 0.2) is 84.3 Å². The molecule has 1 amide bonds. The van der Waals surface area contributed by atoms with Gasteiger partial charge in [-0.05, 0) is 35.2 Å². The van der Waals surface area contributed by atoms with Crippen molar-refractivity contribution in [2.75, 3.05) is 12.8 Å². The molecule has 7 heteroatoms. The van der Waals surface area contributed by atoms with Gasteiger partial charge in [0.15, 0.2) is 11.0 Å². The van der Waals surface area contributed by atoms with E-state index in [9.17, 15) is 4.79 Å². The molecule has 0 unspecified atom stereocenters. The maximum atomic E-state index is 12.9. The molecule has 0 atom stereocenters. The van der Waals surface area contributed by atoms with E-state index in [0.717, 1.165) is 16.8 Å². The summed E-state index contributed by atoms with van der Waals surface area (Å²) in [7, 11) is 1.83. The number of carbonyl (C=O) groups excluding carboxylic acids is 1. The Kier molecular flexibility index (Phi) is 7.19. The molecule has 0 saturated carbocycles. The van der Waals surface area contributed by atoms with E-state index in [1.54, 1.807) is 17.3 Å². The molecular formula is C26H27N5OS. The number of benzene rings is 2. The average molecular weight is 458 g/mol. The molecule has 33 heavy (non-hydrogen) atoms. The van der Waals surface area contributed by atoms with Crippen LogP contribution in [-0.4, -0.2) is 43.4 Å². The smallest absolute Gasteiger partial charge is 0.233 e. The molecule has 0 aliphatic carbocycles. The Labute approximate surface area is 198 Å². The lowest BCUT2D eigenvalue weighted by Crippen LogP contribution is -2.27. The number of carbonyl (C=O) groups is 1. The maximum absolute atomic E-state index is 12.9. The van der Waals surface area contributed by atoms with Gasteiger partial charge in [0.2, 0.25) is 5.91 Å². The van der Waals surface area contributed by atoms with Crippen molar-refractivity contribution in [3.63, 3.8) is 0 Å². The molecule has 0 aliphatic rings. The van der Waals surface area contributed by atoms with Gasteiger partial charge in [0.1, 0.15) is 0 Å². The Balaban J connectivity index is 1.62. The summed E-state index contributed by atoms with van der Waals surface area (Å²) in [5, 5.41) is 9.63. The highest BCUT2D eigenvalue weighted by Gasteiger charge is 2.21. The summed E-state index contributed by atoms with van der Waals surface area (Å²) in [6.45, 7) is 4.91. The number of hydrogen-bond donors (Lipinski definition) is 0. The number of hydrogen-bond acceptors (Lipinski definition) is 5. The normalized spacial score (nSPS) is 11.0. The SMILES string of the molecule is CC(C)c1ccccc1-n1c(SCC(=O)N(C)Cc2ccccc2)nnc1-c1cccnc1. The third-order valence-electron chi connectivity index (χ3n) is 5.37. The summed E-state index contributed by atoms with van der Waals surface area (Å²) in [6, 6.07) is 22.1. The zero-order valence-electron chi connectivity index (χ0n) is 19.0. The van der Waals surface area contributed by atoms with Crippen molar-refractivity contribution < 1.29 is 4.79 Å². The van der Waals surface area contributed by atoms with Crippen LogP contribution in [0.3, 0.4) is 0 Å². The summed E-state index contributed by atoms with van der Waals surface area (Å²) in [6.07, 6.45) is 3.52. The summed E-state index contributed by atoms with van der Waals surface area (Å²) in [5.74, 6) is 1.35. The number of thioether (sulfide) groups is 1. The number of para-hydroxylation sites is 1. The number of pyridine rings is 1. The number of aromatic nitrogens is 4. The van der Waals surface area contributed by atoms with Crippen LogP contribution >= 0.6 is 11.8 Å². The Morgan fingerprint density at radius 2 is 1.76 bits per heavy atom. The number of rotatable bonds is 8. The van der Waals surface area contributed by atoms with Crippen LogP contribution in [0.1, 0.15) is 30.9 Å². The summed E-state index contributed by atoms with van der Waals surface area (Å²) in [4.78, 5) is 18.9. The van der Waals surface area contributed by atoms with Gasteiger partial charge in [0.25, 0.3) is 0 Å². The molecule has 2 aromatic heterocycles. The van der Waals surface area contributed by atoms with E-state index in [2.05, 4.69) is 41.2 Å². The molecule has 168 valence electrons. The van der Waals surface area contributed by atoms with E-state index in [1.165, 1.54) is 17.3 Å². The lowest BCUT2D eigenvalue weighted by Gasteiger charge is -2.18. The quantitative estimate of drug-likeness (QED) is 0.340. The fourth-order valence-corrected chi connectivity index (χ4v) is 4.51. The van der Waals surface area contributed by atoms with Gasteiger partial charge < -0.3 is 4.90 Å². The van der Waals surface area contributed by atoms with E-state index in [-0.39, 0.29) is 11.7 Å². The van der Waals surface area contributed by atoms with Crippen molar-refractivity contribution in [1.82, 2.24) is 24.6 Å². The maximum Gasteiger partial charge on any atom is 0.233 e. The highest BCUT2D eigenvalue weighted by Crippen LogP contribution is 2.32. The first-order chi connectivity index (χ1) is 16.0. The minimum atomic E-state index is 0.0403. The van der Waals surface area contributed by atoms with Crippen molar-refractivity contribution in [3.8, 4) is 17.1 Å². The van der Waals surface area contributed by atoms with E-state index >= 15 is 0 Å². The zero-order chi connectivity index (χ0) is 23.2. The molecule has 2 aromatic carbocycles. The van der Waals surface area contributed by atoms with E-state index < -0.39 is 0 Å². The molecule has 6 nitrogen and oxygen atoms in total. The molecule has 4 rings (SSSR count). The lowest BCUT2D eigenvalue weighted by atomic mass is 10.0. The van der Waals surface area contributed by atoms with Crippen LogP contribution in [0.2, 0.25) is 0 Å². The molecule has 0 aliphatic heterocycles. The third-order valence-corrected chi connectivity index (χ3v) is 6.28. The highest BCUT2D eigenvalue weighted by molar-refractivity contribution is 7.99. The van der Waals surface area contributed by atoms with Crippen LogP contribution in [0.5, 0.6) is 0 Å². The van der Waals surface area contributed by atoms with Gasteiger partial charge in [-0.2, -0.15) is 0 Å². The minimum Gasteiger partial charge on any atom is -0.341 e. The third kappa shape index (κ3) is 5.31. The fraction of sp³-hybridized carbons (Fsp3) is 0.231. The first kappa shape index (κ1) is 22.7. The molecule has 0 saturated heterocycles. The van der Waals surface area contributed by atoms with Crippen LogP contribution in [0, 0.1) is 0 Å². The lowest BCUT2D eigenvalue weighted by molar-refractivity contribution is -0.127. The van der Waals surface area contributed by atoms with Crippen LogP contribution in [0.25, 0.3) is 17.1 Å². The van der Waals surface area contributed by atoms with Gasteiger partial charge in [-0.15, -0.1) is 10.2 Å². The van der Waals surface area contributed by atoms with Crippen LogP contribution in [-0.2, 0) is 11.3 Å². The first-order valence-corrected chi connectivity index (χ1v) is 11.9. The van der Waals surface area contributed by atoms with Crippen molar-refractivity contribution >= 4 is 17.7 Å². The topological polar surface area (TPSA) is 63.9 Å². The Bertz CT molecular complexity index is 1210. The summed E-state index contributed by atoms with van der Waals surface area (Å²) in [5.41, 5.74) is 4.19. The number of nitrogens with zero attached hydrogens (tertiary/aromatic N) is 5. The monoisotopic (exact) mass is 457 g/mol. The van der Waals surface area contributed by atoms with E-state index in [0.29, 0.717) is 23.4 Å². The molecule has 0 N–H and O–H groups in total. The Hall–Kier alpha value is -3.45. The second-order valence-electron chi connectivity index (χ2n) is 8.12. The van der Waals surface area contributed by atoms with E-state index in [4.69, 9.17) is 0 Å². The summed E-state index contributed by atoms with van der Waals surface area (Å²) >= 11 is 1.40. The van der Waals surface area contributed by atoms with Crippen molar-refractivity contribution in [1.29, 1.82) is 0 Å². The fourth-order valence-electron chi connectivity index (χ4n) is 3.62. The Morgan fingerprint density at radius 1 is 1.00 bits per heavy atom. The molecular weight excluding hydrogens is 430 g/mol. The summed E-state index contributed by atoms with van der Waals surface area (Å²) < 4.78 is 2.04. The zero-order valence-corrected chi connectivity index (χ0v) is 19.9. The molecule has 0 spiro atoms. The predicted octanol–water partition coefficient (Wildman–Crippen LogP) is 5.20. The molecule has 0 radical (unpaired) electrons. The van der Waals surface area contributed by atoms with Gasteiger partial charge >= 0.3 is 0 Å². The molecule has 4 aromatic rings. The highest BCUT2D eigenvalue weighted by atomic mass is 32.2. The van der Waals surface area contributed by atoms with Crippen molar-refractivity contribution in [3.05, 3.63) is 90.3 Å². The average Bonchev–Trinajstić information content (AvgIpc) is 3.27. The van der Waals surface area contributed by atoms with Gasteiger partial charge in [-0.25, -0.2) is 0 Å². The van der Waals surface area contributed by atoms with Gasteiger partial charge in [-0.3, -0.25) is 14.3 Å². The van der Waals surface area contributed by atoms with Crippen molar-refractivity contribution in [2.45, 2.75) is 31.5 Å². The molecule has 2 heterocycles. The minimum absolute atomic E-state index is 0.0403. The Morgan fingerprint density at radius 3 is 2.48 bits per heavy atom. The standard InChI is InChI=1S/C26H27N5OS/c1-19(2)22-13-7-8-14-23(22)31-25(21-12-9-15-27-16-21)28-29-26(31)33-18-24(32)30(3)17-20-10-5-4-6-11-20/h4-16,19H,17-18H2,1-3H3. The van der Waals surface area contributed by atoms with Crippen LogP contribution in [0.4, 0.5) is 0 Å². The van der Waals surface area contributed by atoms with Gasteiger partial charge in [-0.1, -0.05) is 74.1 Å². The van der Waals surface area contributed by atoms with E-state index in [1.807, 2.05) is 66.2 Å². The molecule has 0 fully saturated rings. The van der Waals surface area contributed by atoms with Gasteiger partial charge in [0, 0.05) is 31.5 Å². The predicted molar refractivity (Wildman–Crippen MR) is 132 cm³/mol. The number of amides is 1. The van der Waals surface area contributed by atoms with Crippen molar-refractivity contribution in [2.24, 2.45) is 0 Å². The van der Waals surface area contributed by atoms with Gasteiger partial charge in [0.05, 0.1) is 11.4 Å². The second-order valence-corrected chi connectivity index (χ2v) is 9.06.